The summed E-state index contributed by atoms with van der Waals surface area (Å²) in [5.74, 6) is 0. The first-order chi connectivity index (χ1) is 4.34. The second kappa shape index (κ2) is 2.62. The van der Waals surface area contributed by atoms with E-state index in [0.29, 0.717) is 0 Å². The van der Waals surface area contributed by atoms with Gasteiger partial charge in [0, 0.05) is 12.8 Å². The van der Waals surface area contributed by atoms with Crippen molar-refractivity contribution in [2.75, 3.05) is 6.54 Å². The van der Waals surface area contributed by atoms with E-state index in [-0.39, 0.29) is 0 Å². The zero-order chi connectivity index (χ0) is 6.69. The van der Waals surface area contributed by atoms with E-state index in [1.54, 1.807) is 0 Å². The monoisotopic (exact) mass is 121 g/mol. The fourth-order valence-corrected chi connectivity index (χ4v) is 0.933. The molecule has 0 radical (unpaired) electrons. The third-order valence-corrected chi connectivity index (χ3v) is 1.52. The molecule has 0 saturated carbocycles. The summed E-state index contributed by atoms with van der Waals surface area (Å²) in [5, 5.41) is 0. The standard InChI is InChI=1S/C8H11N/c1-3-8-4-5-9-6-7(8)2/h3,6H,2,4-5H2,1H3. The maximum atomic E-state index is 4.09. The molecule has 0 bridgehead atoms. The topological polar surface area (TPSA) is 12.4 Å². The first kappa shape index (κ1) is 6.27. The lowest BCUT2D eigenvalue weighted by Crippen LogP contribution is -1.99. The second-order valence-electron chi connectivity index (χ2n) is 2.12. The molecule has 0 spiro atoms. The van der Waals surface area contributed by atoms with Gasteiger partial charge in [-0.2, -0.15) is 0 Å². The van der Waals surface area contributed by atoms with Crippen LogP contribution in [0.5, 0.6) is 0 Å². The average molecular weight is 121 g/mol. The van der Waals surface area contributed by atoms with Crippen LogP contribution < -0.4 is 0 Å². The third-order valence-electron chi connectivity index (χ3n) is 1.52. The van der Waals surface area contributed by atoms with Crippen LogP contribution in [0.1, 0.15) is 13.3 Å². The maximum absolute atomic E-state index is 4.09. The summed E-state index contributed by atoms with van der Waals surface area (Å²) in [4.78, 5) is 4.09. The Balaban J connectivity index is 2.78. The van der Waals surface area contributed by atoms with E-state index >= 15 is 0 Å². The molecule has 0 aromatic heterocycles. The van der Waals surface area contributed by atoms with Crippen LogP contribution in [-0.4, -0.2) is 12.8 Å². The van der Waals surface area contributed by atoms with Gasteiger partial charge in [-0.15, -0.1) is 0 Å². The number of hydrogen-bond acceptors (Lipinski definition) is 1. The minimum atomic E-state index is 0.929. The second-order valence-corrected chi connectivity index (χ2v) is 2.12. The highest BCUT2D eigenvalue weighted by Gasteiger charge is 2.01. The van der Waals surface area contributed by atoms with E-state index < -0.39 is 0 Å². The predicted octanol–water partition coefficient (Wildman–Crippen LogP) is 1.96. The summed E-state index contributed by atoms with van der Waals surface area (Å²) in [5.41, 5.74) is 2.41. The Hall–Kier alpha value is -0.850. The van der Waals surface area contributed by atoms with Crippen molar-refractivity contribution in [3.63, 3.8) is 0 Å². The molecule has 9 heavy (non-hydrogen) atoms. The van der Waals surface area contributed by atoms with E-state index in [1.165, 1.54) is 5.57 Å². The van der Waals surface area contributed by atoms with Gasteiger partial charge in [-0.25, -0.2) is 0 Å². The van der Waals surface area contributed by atoms with Gasteiger partial charge in [-0.05, 0) is 24.5 Å². The minimum Gasteiger partial charge on any atom is -0.292 e. The van der Waals surface area contributed by atoms with Crippen LogP contribution in [-0.2, 0) is 0 Å². The van der Waals surface area contributed by atoms with Crippen LogP contribution in [0, 0.1) is 0 Å². The Morgan fingerprint density at radius 1 is 1.78 bits per heavy atom. The third kappa shape index (κ3) is 1.28. The largest absolute Gasteiger partial charge is 0.292 e. The van der Waals surface area contributed by atoms with Crippen molar-refractivity contribution in [2.24, 2.45) is 4.99 Å². The molecule has 0 saturated heterocycles. The van der Waals surface area contributed by atoms with Gasteiger partial charge in [0.15, 0.2) is 0 Å². The van der Waals surface area contributed by atoms with Crippen LogP contribution in [0.4, 0.5) is 0 Å². The molecule has 0 unspecified atom stereocenters. The molecule has 1 heteroatoms. The molecule has 1 aliphatic heterocycles. The van der Waals surface area contributed by atoms with Crippen molar-refractivity contribution in [1.29, 1.82) is 0 Å². The molecule has 0 N–H and O–H groups in total. The molecule has 0 aliphatic carbocycles. The SMILES string of the molecule is C=C1C=NCCC1=CC. The van der Waals surface area contributed by atoms with Crippen molar-refractivity contribution in [3.8, 4) is 0 Å². The number of aliphatic imine (C=N–C) groups is 1. The van der Waals surface area contributed by atoms with Gasteiger partial charge in [0.2, 0.25) is 0 Å². The highest BCUT2D eigenvalue weighted by Crippen LogP contribution is 2.13. The lowest BCUT2D eigenvalue weighted by molar-refractivity contribution is 0.949. The van der Waals surface area contributed by atoms with Gasteiger partial charge in [-0.1, -0.05) is 12.7 Å². The minimum absolute atomic E-state index is 0.929. The van der Waals surface area contributed by atoms with Gasteiger partial charge in [0.05, 0.1) is 0 Å². The van der Waals surface area contributed by atoms with Crippen LogP contribution >= 0.6 is 0 Å². The number of rotatable bonds is 0. The van der Waals surface area contributed by atoms with Crippen molar-refractivity contribution in [3.05, 3.63) is 23.8 Å². The first-order valence-corrected chi connectivity index (χ1v) is 3.19. The molecular formula is C8H11N. The van der Waals surface area contributed by atoms with Gasteiger partial charge < -0.3 is 0 Å². The lowest BCUT2D eigenvalue weighted by Gasteiger charge is -2.08. The van der Waals surface area contributed by atoms with Crippen LogP contribution in [0.3, 0.4) is 0 Å². The van der Waals surface area contributed by atoms with Gasteiger partial charge in [0.25, 0.3) is 0 Å². The molecule has 0 atom stereocenters. The van der Waals surface area contributed by atoms with Crippen molar-refractivity contribution in [1.82, 2.24) is 0 Å². The Kier molecular flexibility index (Phi) is 1.83. The van der Waals surface area contributed by atoms with Crippen molar-refractivity contribution in [2.45, 2.75) is 13.3 Å². The van der Waals surface area contributed by atoms with E-state index in [9.17, 15) is 0 Å². The molecular weight excluding hydrogens is 110 g/mol. The average Bonchev–Trinajstić information content (AvgIpc) is 1.89. The number of nitrogens with zero attached hydrogens (tertiary/aromatic N) is 1. The lowest BCUT2D eigenvalue weighted by atomic mass is 10.0. The van der Waals surface area contributed by atoms with E-state index in [4.69, 9.17) is 0 Å². The van der Waals surface area contributed by atoms with Crippen molar-refractivity contribution >= 4 is 6.21 Å². The highest BCUT2D eigenvalue weighted by atomic mass is 14.7. The maximum Gasteiger partial charge on any atom is 0.0430 e. The fraction of sp³-hybridized carbons (Fsp3) is 0.375. The summed E-state index contributed by atoms with van der Waals surface area (Å²) >= 11 is 0. The highest BCUT2D eigenvalue weighted by molar-refractivity contribution is 5.84. The molecule has 48 valence electrons. The van der Waals surface area contributed by atoms with E-state index in [2.05, 4.69) is 17.6 Å². The zero-order valence-corrected chi connectivity index (χ0v) is 5.72. The summed E-state index contributed by atoms with van der Waals surface area (Å²) in [6.07, 6.45) is 5.01. The number of allylic oxidation sites excluding steroid dienone is 2. The zero-order valence-electron chi connectivity index (χ0n) is 5.72. The number of hydrogen-bond donors (Lipinski definition) is 0. The summed E-state index contributed by atoms with van der Waals surface area (Å²) in [7, 11) is 0. The molecule has 0 aromatic carbocycles. The molecule has 1 rings (SSSR count). The first-order valence-electron chi connectivity index (χ1n) is 3.19. The Labute approximate surface area is 55.8 Å². The Morgan fingerprint density at radius 3 is 3.00 bits per heavy atom. The van der Waals surface area contributed by atoms with Crippen LogP contribution in [0.15, 0.2) is 28.8 Å². The molecule has 1 heterocycles. The van der Waals surface area contributed by atoms with E-state index in [1.807, 2.05) is 13.1 Å². The fourth-order valence-electron chi connectivity index (χ4n) is 0.933. The summed E-state index contributed by atoms with van der Waals surface area (Å²) < 4.78 is 0. The quantitative estimate of drug-likeness (QED) is 0.464. The van der Waals surface area contributed by atoms with Crippen LogP contribution in [0.2, 0.25) is 0 Å². The van der Waals surface area contributed by atoms with Gasteiger partial charge in [0.1, 0.15) is 0 Å². The predicted molar refractivity (Wildman–Crippen MR) is 40.9 cm³/mol. The molecule has 0 aromatic rings. The molecule has 0 fully saturated rings. The summed E-state index contributed by atoms with van der Waals surface area (Å²) in [6, 6.07) is 0. The Bertz CT molecular complexity index is 175. The van der Waals surface area contributed by atoms with Gasteiger partial charge in [-0.3, -0.25) is 4.99 Å². The van der Waals surface area contributed by atoms with Gasteiger partial charge >= 0.3 is 0 Å². The molecule has 0 amide bonds. The molecule has 1 aliphatic rings. The normalized spacial score (nSPS) is 23.2. The smallest absolute Gasteiger partial charge is 0.0430 e. The molecule has 1 nitrogen and oxygen atoms in total. The summed E-state index contributed by atoms with van der Waals surface area (Å²) in [6.45, 7) is 6.82. The van der Waals surface area contributed by atoms with E-state index in [0.717, 1.165) is 18.5 Å². The van der Waals surface area contributed by atoms with Crippen LogP contribution in [0.25, 0.3) is 0 Å². The Morgan fingerprint density at radius 2 is 2.56 bits per heavy atom. The van der Waals surface area contributed by atoms with Crippen molar-refractivity contribution < 1.29 is 0 Å².